The monoisotopic (exact) mass is 336 g/mol. The molecule has 0 aliphatic heterocycles. The van der Waals surface area contributed by atoms with Gasteiger partial charge in [-0.05, 0) is 24.3 Å². The Balaban J connectivity index is 1.92. The number of carboxylic acids is 1. The summed E-state index contributed by atoms with van der Waals surface area (Å²) < 4.78 is 0. The molecule has 0 spiro atoms. The standard InChI is InChI=1S/C16H17ClN2O4/c1-15(2)12(20)7-16(15,14(22)23)19-13(21)11-6-8-5-9(17)3-4-10(8)18-11/h3-6,12,18,20H,7H2,1-2H3,(H,19,21)(H,22,23). The Hall–Kier alpha value is -2.05. The summed E-state index contributed by atoms with van der Waals surface area (Å²) in [5.41, 5.74) is -1.46. The molecule has 1 aromatic heterocycles. The average molecular weight is 337 g/mol. The molecule has 6 nitrogen and oxygen atoms in total. The van der Waals surface area contributed by atoms with Gasteiger partial charge in [0.2, 0.25) is 0 Å². The first-order valence-corrected chi connectivity index (χ1v) is 7.57. The van der Waals surface area contributed by atoms with E-state index in [0.29, 0.717) is 5.02 Å². The maximum Gasteiger partial charge on any atom is 0.330 e. The number of aromatic nitrogens is 1. The van der Waals surface area contributed by atoms with Crippen molar-refractivity contribution in [2.24, 2.45) is 5.41 Å². The quantitative estimate of drug-likeness (QED) is 0.689. The number of halogens is 1. The maximum atomic E-state index is 12.5. The Bertz CT molecular complexity index is 814. The highest BCUT2D eigenvalue weighted by atomic mass is 35.5. The molecule has 1 heterocycles. The highest BCUT2D eigenvalue weighted by molar-refractivity contribution is 6.31. The van der Waals surface area contributed by atoms with Gasteiger partial charge in [0.15, 0.2) is 0 Å². The number of hydrogen-bond donors (Lipinski definition) is 4. The summed E-state index contributed by atoms with van der Waals surface area (Å²) in [5.74, 6) is -1.68. The molecule has 1 saturated carbocycles. The Morgan fingerprint density at radius 2 is 2.04 bits per heavy atom. The zero-order chi connectivity index (χ0) is 17.0. The van der Waals surface area contributed by atoms with Gasteiger partial charge in [-0.15, -0.1) is 0 Å². The van der Waals surface area contributed by atoms with Gasteiger partial charge < -0.3 is 20.5 Å². The van der Waals surface area contributed by atoms with Crippen molar-refractivity contribution in [2.75, 3.05) is 0 Å². The lowest BCUT2D eigenvalue weighted by Crippen LogP contribution is -2.75. The van der Waals surface area contributed by atoms with E-state index in [2.05, 4.69) is 10.3 Å². The number of carbonyl (C=O) groups is 2. The molecule has 1 aliphatic rings. The molecular weight excluding hydrogens is 320 g/mol. The molecular formula is C16H17ClN2O4. The first-order valence-electron chi connectivity index (χ1n) is 7.19. The van der Waals surface area contributed by atoms with Crippen LogP contribution in [-0.4, -0.2) is 38.7 Å². The van der Waals surface area contributed by atoms with Crippen molar-refractivity contribution < 1.29 is 19.8 Å². The Labute approximate surface area is 137 Å². The summed E-state index contributed by atoms with van der Waals surface area (Å²) in [6.07, 6.45) is -0.798. The van der Waals surface area contributed by atoms with Crippen LogP contribution in [0.5, 0.6) is 0 Å². The summed E-state index contributed by atoms with van der Waals surface area (Å²) >= 11 is 5.92. The smallest absolute Gasteiger partial charge is 0.330 e. The van der Waals surface area contributed by atoms with Gasteiger partial charge in [-0.25, -0.2) is 4.79 Å². The minimum atomic E-state index is -1.49. The third kappa shape index (κ3) is 2.21. The second-order valence-electron chi connectivity index (χ2n) is 6.52. The molecule has 1 aliphatic carbocycles. The van der Waals surface area contributed by atoms with Crippen molar-refractivity contribution in [3.8, 4) is 0 Å². The van der Waals surface area contributed by atoms with Gasteiger partial charge in [-0.3, -0.25) is 4.79 Å². The Morgan fingerprint density at radius 1 is 1.35 bits per heavy atom. The molecule has 4 N–H and O–H groups in total. The number of aliphatic hydroxyl groups excluding tert-OH is 1. The fourth-order valence-corrected chi connectivity index (χ4v) is 3.26. The van der Waals surface area contributed by atoms with Crippen LogP contribution in [-0.2, 0) is 4.79 Å². The second kappa shape index (κ2) is 4.97. The van der Waals surface area contributed by atoms with E-state index in [0.717, 1.165) is 10.9 Å². The lowest BCUT2D eigenvalue weighted by Gasteiger charge is -2.56. The number of fused-ring (bicyclic) bond motifs is 1. The summed E-state index contributed by atoms with van der Waals surface area (Å²) in [6.45, 7) is 3.25. The van der Waals surface area contributed by atoms with Crippen LogP contribution in [0.25, 0.3) is 10.9 Å². The van der Waals surface area contributed by atoms with E-state index in [1.165, 1.54) is 0 Å². The van der Waals surface area contributed by atoms with Crippen LogP contribution in [0.15, 0.2) is 24.3 Å². The number of aliphatic carboxylic acids is 1. The van der Waals surface area contributed by atoms with Crippen LogP contribution in [0.3, 0.4) is 0 Å². The van der Waals surface area contributed by atoms with E-state index < -0.39 is 28.9 Å². The third-order valence-electron chi connectivity index (χ3n) is 4.95. The molecule has 23 heavy (non-hydrogen) atoms. The molecule has 1 aromatic carbocycles. The van der Waals surface area contributed by atoms with Crippen molar-refractivity contribution in [1.82, 2.24) is 10.3 Å². The van der Waals surface area contributed by atoms with Gasteiger partial charge >= 0.3 is 5.97 Å². The fourth-order valence-electron chi connectivity index (χ4n) is 3.08. The molecule has 122 valence electrons. The molecule has 2 unspecified atom stereocenters. The van der Waals surface area contributed by atoms with Gasteiger partial charge in [0.1, 0.15) is 11.2 Å². The number of hydrogen-bond acceptors (Lipinski definition) is 3. The van der Waals surface area contributed by atoms with Crippen LogP contribution in [0.1, 0.15) is 30.8 Å². The number of aliphatic hydroxyl groups is 1. The molecule has 3 rings (SSSR count). The van der Waals surface area contributed by atoms with Gasteiger partial charge in [0.25, 0.3) is 5.91 Å². The lowest BCUT2D eigenvalue weighted by atomic mass is 9.54. The molecule has 2 atom stereocenters. The average Bonchev–Trinajstić information content (AvgIpc) is 2.89. The number of carbonyl (C=O) groups excluding carboxylic acids is 1. The van der Waals surface area contributed by atoms with Crippen LogP contribution >= 0.6 is 11.6 Å². The Kier molecular flexibility index (Phi) is 3.42. The van der Waals surface area contributed by atoms with Gasteiger partial charge in [-0.1, -0.05) is 25.4 Å². The number of rotatable bonds is 3. The summed E-state index contributed by atoms with van der Waals surface area (Å²) in [4.78, 5) is 27.1. The fraction of sp³-hybridized carbons (Fsp3) is 0.375. The van der Waals surface area contributed by atoms with Crippen LogP contribution < -0.4 is 5.32 Å². The predicted octanol–water partition coefficient (Wildman–Crippen LogP) is 2.17. The largest absolute Gasteiger partial charge is 0.479 e. The second-order valence-corrected chi connectivity index (χ2v) is 6.96. The molecule has 1 amide bonds. The topological polar surface area (TPSA) is 102 Å². The van der Waals surface area contributed by atoms with E-state index in [1.54, 1.807) is 38.1 Å². The van der Waals surface area contributed by atoms with Crippen molar-refractivity contribution >= 4 is 34.4 Å². The normalized spacial score (nSPS) is 25.8. The molecule has 7 heteroatoms. The van der Waals surface area contributed by atoms with E-state index in [9.17, 15) is 19.8 Å². The van der Waals surface area contributed by atoms with Crippen LogP contribution in [0, 0.1) is 5.41 Å². The number of nitrogens with one attached hydrogen (secondary N) is 2. The summed E-state index contributed by atoms with van der Waals surface area (Å²) in [5, 5.41) is 23.3. The molecule has 0 saturated heterocycles. The highest BCUT2D eigenvalue weighted by Crippen LogP contribution is 2.50. The number of carboxylic acid groups (broad SMARTS) is 1. The molecule has 2 aromatic rings. The maximum absolute atomic E-state index is 12.5. The van der Waals surface area contributed by atoms with E-state index in [1.807, 2.05) is 0 Å². The van der Waals surface area contributed by atoms with E-state index >= 15 is 0 Å². The zero-order valence-corrected chi connectivity index (χ0v) is 13.4. The summed E-state index contributed by atoms with van der Waals surface area (Å²) in [7, 11) is 0. The summed E-state index contributed by atoms with van der Waals surface area (Å²) in [6, 6.07) is 6.78. The van der Waals surface area contributed by atoms with Crippen LogP contribution in [0.2, 0.25) is 5.02 Å². The highest BCUT2D eigenvalue weighted by Gasteiger charge is 2.65. The molecule has 0 radical (unpaired) electrons. The first kappa shape index (κ1) is 15.8. The minimum Gasteiger partial charge on any atom is -0.479 e. The van der Waals surface area contributed by atoms with Gasteiger partial charge in [0, 0.05) is 27.8 Å². The van der Waals surface area contributed by atoms with E-state index in [-0.39, 0.29) is 12.1 Å². The van der Waals surface area contributed by atoms with Crippen molar-refractivity contribution in [3.63, 3.8) is 0 Å². The van der Waals surface area contributed by atoms with Gasteiger partial charge in [0.05, 0.1) is 6.10 Å². The molecule has 0 bridgehead atoms. The van der Waals surface area contributed by atoms with Crippen molar-refractivity contribution in [3.05, 3.63) is 35.0 Å². The number of benzene rings is 1. The number of amides is 1. The number of H-pyrrole nitrogens is 1. The van der Waals surface area contributed by atoms with Crippen LogP contribution in [0.4, 0.5) is 0 Å². The SMILES string of the molecule is CC1(C)C(O)CC1(NC(=O)c1cc2cc(Cl)ccc2[nH]1)C(=O)O. The third-order valence-corrected chi connectivity index (χ3v) is 5.19. The van der Waals surface area contributed by atoms with E-state index in [4.69, 9.17) is 11.6 Å². The Morgan fingerprint density at radius 3 is 2.61 bits per heavy atom. The molecule has 1 fully saturated rings. The first-order chi connectivity index (χ1) is 10.7. The lowest BCUT2D eigenvalue weighted by molar-refractivity contribution is -0.180. The minimum absolute atomic E-state index is 0.0207. The van der Waals surface area contributed by atoms with Gasteiger partial charge in [-0.2, -0.15) is 0 Å². The predicted molar refractivity (Wildman–Crippen MR) is 85.5 cm³/mol. The van der Waals surface area contributed by atoms with Crippen molar-refractivity contribution in [1.29, 1.82) is 0 Å². The zero-order valence-electron chi connectivity index (χ0n) is 12.7. The van der Waals surface area contributed by atoms with Crippen molar-refractivity contribution in [2.45, 2.75) is 31.9 Å². The number of aromatic amines is 1.